The van der Waals surface area contributed by atoms with Gasteiger partial charge in [-0.05, 0) is 75.3 Å². The van der Waals surface area contributed by atoms with Gasteiger partial charge in [-0.25, -0.2) is 0 Å². The van der Waals surface area contributed by atoms with Gasteiger partial charge in [0.15, 0.2) is 11.5 Å². The number of amides is 2. The number of aryl methyl sites for hydroxylation is 1. The molecule has 2 aromatic rings. The van der Waals surface area contributed by atoms with E-state index in [9.17, 15) is 9.59 Å². The number of carbonyl (C=O) groups excluding carboxylic acids is 2. The maximum atomic E-state index is 13.5. The molecule has 0 spiro atoms. The highest BCUT2D eigenvalue weighted by atomic mass is 16.5. The van der Waals surface area contributed by atoms with Crippen LogP contribution < -0.4 is 31.4 Å². The Hall–Kier alpha value is -4.38. The van der Waals surface area contributed by atoms with Crippen molar-refractivity contribution in [2.75, 3.05) is 33.9 Å². The summed E-state index contributed by atoms with van der Waals surface area (Å²) < 4.78 is 11.8. The molecule has 1 heterocycles. The lowest BCUT2D eigenvalue weighted by Crippen LogP contribution is -2.47. The van der Waals surface area contributed by atoms with Gasteiger partial charge in [-0.3, -0.25) is 30.8 Å². The van der Waals surface area contributed by atoms with E-state index in [0.717, 1.165) is 17.8 Å². The number of allylic oxidation sites excluding steroid dienone is 3. The van der Waals surface area contributed by atoms with Gasteiger partial charge >= 0.3 is 0 Å². The molecule has 214 valence electrons. The maximum absolute atomic E-state index is 13.5. The van der Waals surface area contributed by atoms with Gasteiger partial charge in [-0.1, -0.05) is 19.1 Å². The third-order valence-electron chi connectivity index (χ3n) is 6.40. The van der Waals surface area contributed by atoms with Crippen LogP contribution in [-0.2, 0) is 4.79 Å². The minimum absolute atomic E-state index is 0.0201. The van der Waals surface area contributed by atoms with E-state index in [1.165, 1.54) is 6.20 Å². The molecule has 1 aromatic carbocycles. The van der Waals surface area contributed by atoms with Crippen LogP contribution in [-0.4, -0.2) is 61.4 Å². The zero-order valence-corrected chi connectivity index (χ0v) is 23.7. The molecule has 1 aromatic heterocycles. The molecular weight excluding hydrogens is 510 g/mol. The second kappa shape index (κ2) is 14.1. The lowest BCUT2D eigenvalue weighted by Gasteiger charge is -2.28. The Kier molecular flexibility index (Phi) is 10.7. The molecule has 1 aliphatic carbocycles. The quantitative estimate of drug-likeness (QED) is 0.154. The van der Waals surface area contributed by atoms with E-state index in [1.807, 2.05) is 38.9 Å². The van der Waals surface area contributed by atoms with E-state index in [-0.39, 0.29) is 11.8 Å². The normalized spacial score (nSPS) is 15.4. The van der Waals surface area contributed by atoms with Crippen molar-refractivity contribution >= 4 is 17.6 Å². The Bertz CT molecular complexity index is 1290. The third-order valence-corrected chi connectivity index (χ3v) is 6.40. The third kappa shape index (κ3) is 8.06. The molecule has 3 rings (SSSR count). The lowest BCUT2D eigenvalue weighted by atomic mass is 9.91. The number of nitrogens with zero attached hydrogens (tertiary/aromatic N) is 2. The van der Waals surface area contributed by atoms with Crippen molar-refractivity contribution in [2.45, 2.75) is 33.2 Å². The summed E-state index contributed by atoms with van der Waals surface area (Å²) in [5, 5.41) is 11.1. The van der Waals surface area contributed by atoms with Gasteiger partial charge in [0, 0.05) is 36.1 Å². The molecule has 1 aliphatic rings. The van der Waals surface area contributed by atoms with Crippen molar-refractivity contribution in [1.29, 1.82) is 5.41 Å². The predicted molar refractivity (Wildman–Crippen MR) is 154 cm³/mol. The zero-order valence-electron chi connectivity index (χ0n) is 23.7. The Labute approximate surface area is 235 Å². The van der Waals surface area contributed by atoms with E-state index in [2.05, 4.69) is 21.2 Å². The van der Waals surface area contributed by atoms with Crippen LogP contribution in [0.5, 0.6) is 11.5 Å². The fraction of sp³-hybridized carbons (Fsp3) is 0.379. The van der Waals surface area contributed by atoms with E-state index in [1.54, 1.807) is 43.5 Å². The van der Waals surface area contributed by atoms with Crippen molar-refractivity contribution in [3.8, 4) is 11.5 Å². The van der Waals surface area contributed by atoms with Gasteiger partial charge in [-0.2, -0.15) is 0 Å². The van der Waals surface area contributed by atoms with Crippen molar-refractivity contribution in [3.05, 3.63) is 76.8 Å². The Morgan fingerprint density at radius 2 is 1.95 bits per heavy atom. The topological polar surface area (TPSA) is 155 Å². The SMILES string of the molecule is CCOc1cc(C(NC2=CC=C(C(=N)N)CC2C)C(=O)NNC(=O)c2ccncc2C)ccc1OCCN(C)C. The van der Waals surface area contributed by atoms with Gasteiger partial charge in [0.2, 0.25) is 0 Å². The monoisotopic (exact) mass is 549 g/mol. The Morgan fingerprint density at radius 3 is 2.60 bits per heavy atom. The first kappa shape index (κ1) is 30.2. The van der Waals surface area contributed by atoms with E-state index < -0.39 is 17.9 Å². The molecule has 2 amide bonds. The van der Waals surface area contributed by atoms with Crippen molar-refractivity contribution in [2.24, 2.45) is 11.7 Å². The molecule has 11 nitrogen and oxygen atoms in total. The molecule has 11 heteroatoms. The Morgan fingerprint density at radius 1 is 1.18 bits per heavy atom. The second-order valence-electron chi connectivity index (χ2n) is 9.84. The lowest BCUT2D eigenvalue weighted by molar-refractivity contribution is -0.123. The van der Waals surface area contributed by atoms with E-state index >= 15 is 0 Å². The highest BCUT2D eigenvalue weighted by Crippen LogP contribution is 2.32. The Balaban J connectivity index is 1.89. The fourth-order valence-corrected chi connectivity index (χ4v) is 4.14. The average molecular weight is 550 g/mol. The van der Waals surface area contributed by atoms with Crippen LogP contribution >= 0.6 is 0 Å². The molecular formula is C29H39N7O4. The van der Waals surface area contributed by atoms with Crippen LogP contribution in [0.1, 0.15) is 47.8 Å². The molecule has 6 N–H and O–H groups in total. The number of amidine groups is 1. The summed E-state index contributed by atoms with van der Waals surface area (Å²) in [7, 11) is 3.93. The molecule has 0 aliphatic heterocycles. The molecule has 0 saturated carbocycles. The number of hydrogen-bond acceptors (Lipinski definition) is 8. The number of benzene rings is 1. The van der Waals surface area contributed by atoms with Gasteiger partial charge in [-0.15, -0.1) is 0 Å². The highest BCUT2D eigenvalue weighted by molar-refractivity contribution is 5.97. The standard InChI is InChI=1S/C29H39N7O4/c1-6-39-25-16-20(8-10-24(25)40-14-13-36(4)5)26(33-23-9-7-21(27(30)31)15-18(23)2)29(38)35-34-28(37)22-11-12-32-17-19(22)3/h7-12,16-18,26,33H,6,13-15H2,1-5H3,(H3,30,31)(H,34,37)(H,35,38). The fourth-order valence-electron chi connectivity index (χ4n) is 4.14. The number of nitrogens with one attached hydrogen (secondary N) is 4. The number of carbonyl (C=O) groups is 2. The number of aromatic nitrogens is 1. The second-order valence-corrected chi connectivity index (χ2v) is 9.84. The predicted octanol–water partition coefficient (Wildman–Crippen LogP) is 2.61. The number of nitrogens with two attached hydrogens (primary N) is 1. The summed E-state index contributed by atoms with van der Waals surface area (Å²) in [6, 6.07) is 6.05. The van der Waals surface area contributed by atoms with Crippen LogP contribution in [0.25, 0.3) is 0 Å². The summed E-state index contributed by atoms with van der Waals surface area (Å²) in [5.41, 5.74) is 14.0. The number of likely N-dealkylation sites (N-methyl/N-ethyl adjacent to an activating group) is 1. The number of hydrogen-bond donors (Lipinski definition) is 5. The maximum Gasteiger partial charge on any atom is 0.270 e. The first-order valence-corrected chi connectivity index (χ1v) is 13.2. The molecule has 0 fully saturated rings. The van der Waals surface area contributed by atoms with Crippen molar-refractivity contribution in [3.63, 3.8) is 0 Å². The summed E-state index contributed by atoms with van der Waals surface area (Å²) in [5.74, 6) is 0.167. The molecule has 2 atom stereocenters. The van der Waals surface area contributed by atoms with Crippen LogP contribution in [0.4, 0.5) is 0 Å². The minimum atomic E-state index is -0.880. The van der Waals surface area contributed by atoms with Crippen molar-refractivity contribution < 1.29 is 19.1 Å². The first-order chi connectivity index (χ1) is 19.1. The van der Waals surface area contributed by atoms with E-state index in [0.29, 0.717) is 47.8 Å². The van der Waals surface area contributed by atoms with Gasteiger partial charge in [0.25, 0.3) is 11.8 Å². The molecule has 2 unspecified atom stereocenters. The summed E-state index contributed by atoms with van der Waals surface area (Å²) in [6.07, 6.45) is 7.26. The minimum Gasteiger partial charge on any atom is -0.490 e. The van der Waals surface area contributed by atoms with Crippen LogP contribution in [0.15, 0.2) is 60.1 Å². The van der Waals surface area contributed by atoms with E-state index in [4.69, 9.17) is 20.6 Å². The number of pyridine rings is 1. The van der Waals surface area contributed by atoms with Gasteiger partial charge in [0.1, 0.15) is 18.5 Å². The van der Waals surface area contributed by atoms with Crippen molar-refractivity contribution in [1.82, 2.24) is 26.1 Å². The highest BCUT2D eigenvalue weighted by Gasteiger charge is 2.27. The molecule has 0 bridgehead atoms. The smallest absolute Gasteiger partial charge is 0.270 e. The number of rotatable bonds is 12. The molecule has 0 saturated heterocycles. The summed E-state index contributed by atoms with van der Waals surface area (Å²) >= 11 is 0. The first-order valence-electron chi connectivity index (χ1n) is 13.2. The summed E-state index contributed by atoms with van der Waals surface area (Å²) in [4.78, 5) is 32.3. The molecule has 40 heavy (non-hydrogen) atoms. The molecule has 0 radical (unpaired) electrons. The van der Waals surface area contributed by atoms with Crippen LogP contribution in [0.3, 0.4) is 0 Å². The van der Waals surface area contributed by atoms with Gasteiger partial charge in [0.05, 0.1) is 6.61 Å². The number of ether oxygens (including phenoxy) is 2. The van der Waals surface area contributed by atoms with Crippen LogP contribution in [0, 0.1) is 18.3 Å². The summed E-state index contributed by atoms with van der Waals surface area (Å²) in [6.45, 7) is 7.27. The average Bonchev–Trinajstić information content (AvgIpc) is 2.91. The largest absolute Gasteiger partial charge is 0.490 e. The van der Waals surface area contributed by atoms with Gasteiger partial charge < -0.3 is 25.4 Å². The zero-order chi connectivity index (χ0) is 29.2. The van der Waals surface area contributed by atoms with Crippen LogP contribution in [0.2, 0.25) is 0 Å². The number of hydrazine groups is 1.